The maximum absolute atomic E-state index is 13.4. The number of fused-ring (bicyclic) bond motifs is 1. The van der Waals surface area contributed by atoms with Crippen molar-refractivity contribution in [2.75, 3.05) is 54.9 Å². The minimum absolute atomic E-state index is 0.111. The van der Waals surface area contributed by atoms with Crippen LogP contribution in [0.1, 0.15) is 41.6 Å². The highest BCUT2D eigenvalue weighted by Crippen LogP contribution is 2.32. The molecule has 3 heterocycles. The quantitative estimate of drug-likeness (QED) is 0.778. The second kappa shape index (κ2) is 8.79. The summed E-state index contributed by atoms with van der Waals surface area (Å²) in [7, 11) is 1.94. The molecule has 4 rings (SSSR count). The molecule has 1 fully saturated rings. The number of amides is 2. The van der Waals surface area contributed by atoms with Crippen molar-refractivity contribution in [3.8, 4) is 0 Å². The van der Waals surface area contributed by atoms with E-state index in [4.69, 9.17) is 0 Å². The number of anilines is 3. The van der Waals surface area contributed by atoms with Gasteiger partial charge in [-0.3, -0.25) is 4.79 Å². The Morgan fingerprint density at radius 2 is 2.00 bits per heavy atom. The van der Waals surface area contributed by atoms with Gasteiger partial charge < -0.3 is 25.1 Å². The summed E-state index contributed by atoms with van der Waals surface area (Å²) in [5.41, 5.74) is 2.48. The van der Waals surface area contributed by atoms with Gasteiger partial charge in [0.2, 0.25) is 5.95 Å². The molecule has 1 aromatic heterocycles. The van der Waals surface area contributed by atoms with Gasteiger partial charge in [-0.2, -0.15) is 4.98 Å². The Labute approximate surface area is 181 Å². The number of hydrogen-bond donors (Lipinski definition) is 2. The molecule has 2 aromatic rings. The zero-order chi connectivity index (χ0) is 22.0. The molecule has 9 heteroatoms. The number of nitrogens with zero attached hydrogens (tertiary/aromatic N) is 5. The van der Waals surface area contributed by atoms with Crippen LogP contribution in [0.3, 0.4) is 0 Å². The normalized spacial score (nSPS) is 17.4. The number of aromatic nitrogens is 2. The number of rotatable bonds is 4. The molecule has 1 saturated heterocycles. The fraction of sp³-hybridized carbons (Fsp3) is 0.455. The minimum Gasteiger partial charge on any atom is -0.465 e. The molecule has 2 aliphatic heterocycles. The van der Waals surface area contributed by atoms with Crippen LogP contribution in [0.15, 0.2) is 30.5 Å². The number of hydrogen-bond acceptors (Lipinski definition) is 6. The van der Waals surface area contributed by atoms with Gasteiger partial charge in [-0.15, -0.1) is 0 Å². The van der Waals surface area contributed by atoms with Crippen LogP contribution in [0.4, 0.5) is 22.2 Å². The van der Waals surface area contributed by atoms with E-state index in [1.165, 1.54) is 4.90 Å². The van der Waals surface area contributed by atoms with E-state index in [2.05, 4.69) is 27.4 Å². The predicted octanol–water partition coefficient (Wildman–Crippen LogP) is 2.86. The second-order valence-electron chi connectivity index (χ2n) is 7.98. The van der Waals surface area contributed by atoms with Crippen molar-refractivity contribution < 1.29 is 14.7 Å². The van der Waals surface area contributed by atoms with E-state index in [1.807, 2.05) is 31.0 Å². The first-order valence-electron chi connectivity index (χ1n) is 10.7. The van der Waals surface area contributed by atoms with Gasteiger partial charge >= 0.3 is 6.09 Å². The van der Waals surface area contributed by atoms with Crippen LogP contribution in [0.5, 0.6) is 0 Å². The molecular weight excluding hydrogens is 396 g/mol. The van der Waals surface area contributed by atoms with Gasteiger partial charge in [0, 0.05) is 51.7 Å². The van der Waals surface area contributed by atoms with Gasteiger partial charge in [-0.05, 0) is 43.4 Å². The van der Waals surface area contributed by atoms with Crippen LogP contribution < -0.4 is 15.1 Å². The first-order chi connectivity index (χ1) is 15.0. The number of likely N-dealkylation sites (N-methyl/N-ethyl adjacent to an activating group) is 1. The van der Waals surface area contributed by atoms with Crippen molar-refractivity contribution in [3.63, 3.8) is 0 Å². The summed E-state index contributed by atoms with van der Waals surface area (Å²) in [6, 6.07) is 8.06. The summed E-state index contributed by atoms with van der Waals surface area (Å²) in [6.07, 6.45) is 2.32. The highest BCUT2D eigenvalue weighted by atomic mass is 16.4. The average Bonchev–Trinajstić information content (AvgIpc) is 2.91. The van der Waals surface area contributed by atoms with Gasteiger partial charge in [0.15, 0.2) is 0 Å². The second-order valence-corrected chi connectivity index (χ2v) is 7.98. The summed E-state index contributed by atoms with van der Waals surface area (Å²) in [5, 5.41) is 12.3. The molecular formula is C22H28N6O3. The summed E-state index contributed by atoms with van der Waals surface area (Å²) < 4.78 is 0. The van der Waals surface area contributed by atoms with Crippen molar-refractivity contribution in [2.24, 2.45) is 0 Å². The van der Waals surface area contributed by atoms with E-state index in [9.17, 15) is 14.7 Å². The van der Waals surface area contributed by atoms with Crippen LogP contribution in [0, 0.1) is 0 Å². The third-order valence-electron chi connectivity index (χ3n) is 6.02. The fourth-order valence-corrected chi connectivity index (χ4v) is 4.26. The molecule has 0 bridgehead atoms. The monoisotopic (exact) mass is 424 g/mol. The van der Waals surface area contributed by atoms with E-state index in [-0.39, 0.29) is 5.91 Å². The number of piperidine rings is 1. The average molecular weight is 425 g/mol. The lowest BCUT2D eigenvalue weighted by Gasteiger charge is -2.31. The van der Waals surface area contributed by atoms with Gasteiger partial charge in [-0.25, -0.2) is 9.78 Å². The Hall–Kier alpha value is -3.36. The van der Waals surface area contributed by atoms with Crippen LogP contribution in [-0.2, 0) is 0 Å². The minimum atomic E-state index is -0.857. The molecule has 1 aromatic carbocycles. The Morgan fingerprint density at radius 1 is 1.23 bits per heavy atom. The molecule has 0 spiro atoms. The lowest BCUT2D eigenvalue weighted by atomic mass is 9.89. The smallest absolute Gasteiger partial charge is 0.407 e. The van der Waals surface area contributed by atoms with Crippen LogP contribution >= 0.6 is 0 Å². The number of carbonyl (C=O) groups is 2. The lowest BCUT2D eigenvalue weighted by molar-refractivity contribution is 0.0989. The van der Waals surface area contributed by atoms with E-state index in [0.717, 1.165) is 24.1 Å². The first-order valence-corrected chi connectivity index (χ1v) is 10.7. The van der Waals surface area contributed by atoms with Crippen LogP contribution in [0.2, 0.25) is 0 Å². The highest BCUT2D eigenvalue weighted by Gasteiger charge is 2.29. The fourth-order valence-electron chi connectivity index (χ4n) is 4.26. The van der Waals surface area contributed by atoms with Crippen molar-refractivity contribution in [2.45, 2.75) is 25.7 Å². The molecule has 0 aliphatic carbocycles. The van der Waals surface area contributed by atoms with E-state index in [1.54, 1.807) is 11.1 Å². The highest BCUT2D eigenvalue weighted by molar-refractivity contribution is 6.09. The Kier molecular flexibility index (Phi) is 5.92. The molecule has 164 valence electrons. The van der Waals surface area contributed by atoms with Crippen molar-refractivity contribution in [1.82, 2.24) is 14.9 Å². The molecule has 31 heavy (non-hydrogen) atoms. The standard InChI is InChI=1S/C22H28N6O3/c1-3-23-21-24-14-18-19(25-21)26(2)11-12-28(20(18)29)17-6-4-5-16(13-17)15-7-9-27(10-8-15)22(30)31/h4-6,13-15H,3,7-12H2,1-2H3,(H,30,31)(H,23,24,25). The van der Waals surface area contributed by atoms with Gasteiger partial charge in [0.05, 0.1) is 0 Å². The number of carbonyl (C=O) groups excluding carboxylic acids is 1. The van der Waals surface area contributed by atoms with Crippen molar-refractivity contribution in [3.05, 3.63) is 41.6 Å². The van der Waals surface area contributed by atoms with Crippen molar-refractivity contribution in [1.29, 1.82) is 0 Å². The number of nitrogens with one attached hydrogen (secondary N) is 1. The summed E-state index contributed by atoms with van der Waals surface area (Å²) in [6.45, 7) is 4.96. The third-order valence-corrected chi connectivity index (χ3v) is 6.02. The molecule has 0 radical (unpaired) electrons. The molecule has 0 unspecified atom stereocenters. The zero-order valence-electron chi connectivity index (χ0n) is 17.9. The van der Waals surface area contributed by atoms with E-state index in [0.29, 0.717) is 56.0 Å². The maximum Gasteiger partial charge on any atom is 0.407 e. The zero-order valence-corrected chi connectivity index (χ0v) is 17.9. The molecule has 0 saturated carbocycles. The SMILES string of the molecule is CCNc1ncc2c(n1)N(C)CCN(c1cccc(C3CCN(C(=O)O)CC3)c1)C2=O. The Balaban J connectivity index is 1.58. The Morgan fingerprint density at radius 3 is 2.71 bits per heavy atom. The molecule has 2 aliphatic rings. The molecule has 2 amide bonds. The summed E-state index contributed by atoms with van der Waals surface area (Å²) in [5.74, 6) is 1.33. The lowest BCUT2D eigenvalue weighted by Crippen LogP contribution is -2.37. The largest absolute Gasteiger partial charge is 0.465 e. The van der Waals surface area contributed by atoms with E-state index < -0.39 is 6.09 Å². The van der Waals surface area contributed by atoms with Gasteiger partial charge in [0.25, 0.3) is 5.91 Å². The number of carboxylic acid groups (broad SMARTS) is 1. The predicted molar refractivity (Wildman–Crippen MR) is 119 cm³/mol. The first kappa shape index (κ1) is 20.9. The van der Waals surface area contributed by atoms with Gasteiger partial charge in [0.1, 0.15) is 11.4 Å². The summed E-state index contributed by atoms with van der Waals surface area (Å²) in [4.78, 5) is 38.6. The van der Waals surface area contributed by atoms with Crippen LogP contribution in [0.25, 0.3) is 0 Å². The Bertz CT molecular complexity index is 973. The number of benzene rings is 1. The number of likely N-dealkylation sites (tertiary alicyclic amines) is 1. The maximum atomic E-state index is 13.4. The van der Waals surface area contributed by atoms with E-state index >= 15 is 0 Å². The van der Waals surface area contributed by atoms with Crippen LogP contribution in [-0.4, -0.2) is 71.7 Å². The summed E-state index contributed by atoms with van der Waals surface area (Å²) >= 11 is 0. The van der Waals surface area contributed by atoms with Gasteiger partial charge in [-0.1, -0.05) is 12.1 Å². The van der Waals surface area contributed by atoms with Crippen molar-refractivity contribution >= 4 is 29.5 Å². The molecule has 0 atom stereocenters. The molecule has 2 N–H and O–H groups in total. The molecule has 9 nitrogen and oxygen atoms in total. The topological polar surface area (TPSA) is 102 Å². The third kappa shape index (κ3) is 4.26.